The Bertz CT molecular complexity index is 394. The van der Waals surface area contributed by atoms with Gasteiger partial charge in [-0.25, -0.2) is 0 Å². The molecule has 1 rings (SSSR count). The number of benzene rings is 1. The first kappa shape index (κ1) is 12.4. The average molecular weight is 240 g/mol. The number of thioether (sulfide) groups is 1. The lowest BCUT2D eigenvalue weighted by Crippen LogP contribution is -2.25. The third kappa shape index (κ3) is 4.70. The zero-order valence-corrected chi connectivity index (χ0v) is 9.12. The van der Waals surface area contributed by atoms with Crippen LogP contribution in [0.2, 0.25) is 0 Å². The minimum Gasteiger partial charge on any atom is -0.549 e. The van der Waals surface area contributed by atoms with Gasteiger partial charge in [-0.3, -0.25) is 4.79 Å². The molecule has 1 amide bonds. The SMILES string of the molecule is O=C([O-])CSCC(=O)Nc1cccc(O)c1. The molecule has 0 saturated heterocycles. The normalized spacial score (nSPS) is 9.75. The van der Waals surface area contributed by atoms with E-state index in [1.165, 1.54) is 12.1 Å². The highest BCUT2D eigenvalue weighted by Gasteiger charge is 2.02. The van der Waals surface area contributed by atoms with E-state index in [-0.39, 0.29) is 23.2 Å². The first-order chi connectivity index (χ1) is 7.58. The summed E-state index contributed by atoms with van der Waals surface area (Å²) in [4.78, 5) is 21.4. The van der Waals surface area contributed by atoms with Gasteiger partial charge in [0.25, 0.3) is 0 Å². The summed E-state index contributed by atoms with van der Waals surface area (Å²) < 4.78 is 0. The van der Waals surface area contributed by atoms with E-state index < -0.39 is 5.97 Å². The van der Waals surface area contributed by atoms with Crippen molar-refractivity contribution < 1.29 is 19.8 Å². The number of carbonyl (C=O) groups is 2. The molecule has 1 aromatic rings. The van der Waals surface area contributed by atoms with Crippen molar-refractivity contribution in [2.75, 3.05) is 16.8 Å². The van der Waals surface area contributed by atoms with Gasteiger partial charge in [0.15, 0.2) is 0 Å². The van der Waals surface area contributed by atoms with Crippen LogP contribution in [0.3, 0.4) is 0 Å². The lowest BCUT2D eigenvalue weighted by molar-refractivity contribution is -0.301. The molecule has 0 spiro atoms. The minimum atomic E-state index is -1.20. The van der Waals surface area contributed by atoms with Crippen molar-refractivity contribution in [3.05, 3.63) is 24.3 Å². The van der Waals surface area contributed by atoms with Crippen LogP contribution in [-0.2, 0) is 9.59 Å². The topological polar surface area (TPSA) is 89.5 Å². The average Bonchev–Trinajstić information content (AvgIpc) is 2.16. The van der Waals surface area contributed by atoms with E-state index in [1.54, 1.807) is 12.1 Å². The third-order valence-corrected chi connectivity index (χ3v) is 2.49. The van der Waals surface area contributed by atoms with Crippen LogP contribution in [0.15, 0.2) is 24.3 Å². The van der Waals surface area contributed by atoms with Crippen LogP contribution in [-0.4, -0.2) is 28.5 Å². The highest BCUT2D eigenvalue weighted by atomic mass is 32.2. The Balaban J connectivity index is 2.37. The molecule has 2 N–H and O–H groups in total. The number of hydrogen-bond donors (Lipinski definition) is 2. The van der Waals surface area contributed by atoms with Crippen molar-refractivity contribution in [1.29, 1.82) is 0 Å². The van der Waals surface area contributed by atoms with E-state index in [1.807, 2.05) is 0 Å². The maximum Gasteiger partial charge on any atom is 0.234 e. The van der Waals surface area contributed by atoms with Crippen molar-refractivity contribution >= 4 is 29.3 Å². The van der Waals surface area contributed by atoms with E-state index in [9.17, 15) is 14.7 Å². The molecular weight excluding hydrogens is 230 g/mol. The number of carbonyl (C=O) groups excluding carboxylic acids is 2. The number of aromatic hydroxyl groups is 1. The number of carboxylic acids is 1. The molecular formula is C10H10NO4S-. The summed E-state index contributed by atoms with van der Waals surface area (Å²) in [5.74, 6) is -1.65. The number of nitrogens with one attached hydrogen (secondary N) is 1. The highest BCUT2D eigenvalue weighted by Crippen LogP contribution is 2.15. The molecule has 1 aromatic carbocycles. The summed E-state index contributed by atoms with van der Waals surface area (Å²) in [6, 6.07) is 6.11. The molecule has 5 nitrogen and oxygen atoms in total. The largest absolute Gasteiger partial charge is 0.549 e. The third-order valence-electron chi connectivity index (χ3n) is 1.58. The van der Waals surface area contributed by atoms with Gasteiger partial charge < -0.3 is 20.3 Å². The predicted molar refractivity (Wildman–Crippen MR) is 59.1 cm³/mol. The van der Waals surface area contributed by atoms with Gasteiger partial charge in [0, 0.05) is 17.5 Å². The minimum absolute atomic E-state index is 0.0314. The second-order valence-corrected chi connectivity index (χ2v) is 3.95. The standard InChI is InChI=1S/C10H11NO4S/c12-8-3-1-2-7(4-8)11-9(13)5-16-6-10(14)15/h1-4,12H,5-6H2,(H,11,13)(H,14,15)/p-1. The summed E-state index contributed by atoms with van der Waals surface area (Å²) >= 11 is 0.956. The van der Waals surface area contributed by atoms with Gasteiger partial charge in [-0.1, -0.05) is 6.07 Å². The smallest absolute Gasteiger partial charge is 0.234 e. The Morgan fingerprint density at radius 3 is 2.75 bits per heavy atom. The molecule has 16 heavy (non-hydrogen) atoms. The zero-order chi connectivity index (χ0) is 12.0. The van der Waals surface area contributed by atoms with Crippen molar-refractivity contribution in [3.8, 4) is 5.75 Å². The van der Waals surface area contributed by atoms with Gasteiger partial charge in [0.05, 0.1) is 11.7 Å². The van der Waals surface area contributed by atoms with E-state index in [0.717, 1.165) is 11.8 Å². The number of aliphatic carboxylic acids is 1. The second-order valence-electron chi connectivity index (χ2n) is 2.96. The summed E-state index contributed by atoms with van der Waals surface area (Å²) in [6.07, 6.45) is 0. The molecule has 0 radical (unpaired) electrons. The van der Waals surface area contributed by atoms with Gasteiger partial charge in [0.2, 0.25) is 5.91 Å². The highest BCUT2D eigenvalue weighted by molar-refractivity contribution is 8.00. The Labute approximate surface area is 96.5 Å². The number of carboxylic acid groups (broad SMARTS) is 1. The van der Waals surface area contributed by atoms with E-state index in [4.69, 9.17) is 5.11 Å². The summed E-state index contributed by atoms with van der Waals surface area (Å²) in [5, 5.41) is 21.7. The molecule has 86 valence electrons. The van der Waals surface area contributed by atoms with Gasteiger partial charge in [0.1, 0.15) is 5.75 Å². The predicted octanol–water partition coefficient (Wildman–Crippen LogP) is -0.186. The van der Waals surface area contributed by atoms with Gasteiger partial charge >= 0.3 is 0 Å². The summed E-state index contributed by atoms with van der Waals surface area (Å²) in [7, 11) is 0. The number of rotatable bonds is 5. The van der Waals surface area contributed by atoms with Crippen LogP contribution < -0.4 is 10.4 Å². The van der Waals surface area contributed by atoms with Crippen LogP contribution in [0.4, 0.5) is 5.69 Å². The lowest BCUT2D eigenvalue weighted by atomic mass is 10.3. The summed E-state index contributed by atoms with van der Waals surface area (Å²) in [5.41, 5.74) is 0.471. The van der Waals surface area contributed by atoms with Gasteiger partial charge in [-0.2, -0.15) is 0 Å². The maximum atomic E-state index is 11.3. The number of phenolic OH excluding ortho intramolecular Hbond substituents is 1. The number of anilines is 1. The van der Waals surface area contributed by atoms with Crippen LogP contribution in [0, 0.1) is 0 Å². The van der Waals surface area contributed by atoms with E-state index in [2.05, 4.69) is 5.32 Å². The van der Waals surface area contributed by atoms with Gasteiger partial charge in [-0.15, -0.1) is 11.8 Å². The molecule has 0 saturated carbocycles. The van der Waals surface area contributed by atoms with Crippen LogP contribution in [0.1, 0.15) is 0 Å². The Morgan fingerprint density at radius 2 is 2.12 bits per heavy atom. The molecule has 0 fully saturated rings. The lowest BCUT2D eigenvalue weighted by Gasteiger charge is -2.05. The molecule has 0 aliphatic rings. The van der Waals surface area contributed by atoms with Crippen LogP contribution in [0.5, 0.6) is 5.75 Å². The zero-order valence-electron chi connectivity index (χ0n) is 8.30. The van der Waals surface area contributed by atoms with Crippen LogP contribution >= 0.6 is 11.8 Å². The molecule has 0 heterocycles. The van der Waals surface area contributed by atoms with Crippen molar-refractivity contribution in [3.63, 3.8) is 0 Å². The molecule has 0 aliphatic heterocycles. The Kier molecular flexibility index (Phi) is 4.65. The number of hydrogen-bond acceptors (Lipinski definition) is 5. The van der Waals surface area contributed by atoms with E-state index in [0.29, 0.717) is 5.69 Å². The van der Waals surface area contributed by atoms with E-state index >= 15 is 0 Å². The number of phenols is 1. The Morgan fingerprint density at radius 1 is 1.38 bits per heavy atom. The Hall–Kier alpha value is -1.69. The molecule has 6 heteroatoms. The fourth-order valence-corrected chi connectivity index (χ4v) is 1.53. The van der Waals surface area contributed by atoms with Gasteiger partial charge in [-0.05, 0) is 12.1 Å². The maximum absolute atomic E-state index is 11.3. The molecule has 0 bridgehead atoms. The van der Waals surface area contributed by atoms with Crippen LogP contribution in [0.25, 0.3) is 0 Å². The molecule has 0 aliphatic carbocycles. The first-order valence-corrected chi connectivity index (χ1v) is 5.60. The fraction of sp³-hybridized carbons (Fsp3) is 0.200. The molecule has 0 atom stereocenters. The first-order valence-electron chi connectivity index (χ1n) is 4.44. The van der Waals surface area contributed by atoms with Crippen molar-refractivity contribution in [2.45, 2.75) is 0 Å². The molecule has 0 unspecified atom stereocenters. The quantitative estimate of drug-likeness (QED) is 0.744. The van der Waals surface area contributed by atoms with Crippen molar-refractivity contribution in [1.82, 2.24) is 0 Å². The number of amides is 1. The monoisotopic (exact) mass is 240 g/mol. The fourth-order valence-electron chi connectivity index (χ4n) is 1.01. The van der Waals surface area contributed by atoms with Crippen molar-refractivity contribution in [2.24, 2.45) is 0 Å². The summed E-state index contributed by atoms with van der Waals surface area (Å²) in [6.45, 7) is 0. The molecule has 0 aromatic heterocycles. The second kappa shape index (κ2) is 6.02.